The molecule has 66 valence electrons. The molecular formula is C10H11N3. The number of H-pyrrole nitrogens is 1. The number of hydrogen-bond acceptors (Lipinski definition) is 2. The molecule has 1 aromatic heterocycles. The van der Waals surface area contributed by atoms with E-state index in [4.69, 9.17) is 0 Å². The van der Waals surface area contributed by atoms with Crippen molar-refractivity contribution in [2.45, 2.75) is 0 Å². The molecule has 1 heterocycles. The molecule has 3 heteroatoms. The van der Waals surface area contributed by atoms with Crippen molar-refractivity contribution >= 4 is 5.69 Å². The SMILES string of the molecule is CNc1ccc(-c2cn[nH]c2)cc1. The van der Waals surface area contributed by atoms with Crippen LogP contribution in [0.4, 0.5) is 5.69 Å². The predicted octanol–water partition coefficient (Wildman–Crippen LogP) is 2.12. The Morgan fingerprint density at radius 3 is 2.46 bits per heavy atom. The molecule has 1 aromatic carbocycles. The normalized spacial score (nSPS) is 9.92. The molecule has 0 aliphatic heterocycles. The maximum atomic E-state index is 3.90. The molecule has 0 saturated carbocycles. The van der Waals surface area contributed by atoms with E-state index in [1.54, 1.807) is 0 Å². The van der Waals surface area contributed by atoms with Gasteiger partial charge in [-0.1, -0.05) is 12.1 Å². The highest BCUT2D eigenvalue weighted by atomic mass is 15.1. The van der Waals surface area contributed by atoms with Gasteiger partial charge in [0, 0.05) is 24.5 Å². The zero-order valence-electron chi connectivity index (χ0n) is 7.41. The summed E-state index contributed by atoms with van der Waals surface area (Å²) in [5, 5.41) is 9.77. The van der Waals surface area contributed by atoms with Crippen molar-refractivity contribution in [3.8, 4) is 11.1 Å². The van der Waals surface area contributed by atoms with Crippen molar-refractivity contribution in [3.05, 3.63) is 36.7 Å². The van der Waals surface area contributed by atoms with Crippen molar-refractivity contribution < 1.29 is 0 Å². The lowest BCUT2D eigenvalue weighted by atomic mass is 10.1. The standard InChI is InChI=1S/C10H11N3/c1-11-10-4-2-8(3-5-10)9-6-12-13-7-9/h2-7,11H,1H3,(H,12,13). The molecule has 0 radical (unpaired) electrons. The molecule has 3 nitrogen and oxygen atoms in total. The number of anilines is 1. The van der Waals surface area contributed by atoms with Gasteiger partial charge in [-0.15, -0.1) is 0 Å². The van der Waals surface area contributed by atoms with Crippen molar-refractivity contribution in [2.24, 2.45) is 0 Å². The van der Waals surface area contributed by atoms with E-state index in [2.05, 4.69) is 27.6 Å². The predicted molar refractivity (Wildman–Crippen MR) is 53.6 cm³/mol. The minimum absolute atomic E-state index is 1.11. The van der Waals surface area contributed by atoms with E-state index in [1.165, 1.54) is 5.56 Å². The molecule has 2 aromatic rings. The van der Waals surface area contributed by atoms with Gasteiger partial charge in [-0.25, -0.2) is 0 Å². The molecule has 2 rings (SSSR count). The third kappa shape index (κ3) is 1.54. The van der Waals surface area contributed by atoms with Gasteiger partial charge < -0.3 is 5.32 Å². The highest BCUT2D eigenvalue weighted by molar-refractivity contribution is 5.64. The van der Waals surface area contributed by atoms with Crippen LogP contribution in [-0.2, 0) is 0 Å². The monoisotopic (exact) mass is 173 g/mol. The van der Waals surface area contributed by atoms with Gasteiger partial charge >= 0.3 is 0 Å². The Morgan fingerprint density at radius 2 is 1.92 bits per heavy atom. The van der Waals surface area contributed by atoms with Crippen LogP contribution >= 0.6 is 0 Å². The molecule has 0 aliphatic carbocycles. The van der Waals surface area contributed by atoms with E-state index < -0.39 is 0 Å². The number of nitrogens with zero attached hydrogens (tertiary/aromatic N) is 1. The van der Waals surface area contributed by atoms with Gasteiger partial charge in [0.05, 0.1) is 6.20 Å². The second-order valence-electron chi connectivity index (χ2n) is 2.81. The van der Waals surface area contributed by atoms with Gasteiger partial charge in [-0.05, 0) is 17.7 Å². The number of benzene rings is 1. The average Bonchev–Trinajstić information content (AvgIpc) is 2.71. The number of hydrogen-bond donors (Lipinski definition) is 2. The fraction of sp³-hybridized carbons (Fsp3) is 0.100. The van der Waals surface area contributed by atoms with Crippen molar-refractivity contribution in [1.82, 2.24) is 10.2 Å². The summed E-state index contributed by atoms with van der Waals surface area (Å²) in [6.45, 7) is 0. The molecule has 0 aliphatic rings. The maximum absolute atomic E-state index is 3.90. The van der Waals surface area contributed by atoms with Crippen LogP contribution in [0.15, 0.2) is 36.7 Å². The van der Waals surface area contributed by atoms with Gasteiger partial charge in [-0.3, -0.25) is 5.10 Å². The molecule has 0 fully saturated rings. The summed E-state index contributed by atoms with van der Waals surface area (Å²) in [4.78, 5) is 0. The topological polar surface area (TPSA) is 40.7 Å². The van der Waals surface area contributed by atoms with E-state index in [0.717, 1.165) is 11.3 Å². The summed E-state index contributed by atoms with van der Waals surface area (Å²) in [7, 11) is 1.91. The second kappa shape index (κ2) is 3.31. The van der Waals surface area contributed by atoms with E-state index in [1.807, 2.05) is 31.6 Å². The first kappa shape index (κ1) is 7.86. The Labute approximate surface area is 76.8 Å². The van der Waals surface area contributed by atoms with Crippen LogP contribution in [0, 0.1) is 0 Å². The average molecular weight is 173 g/mol. The lowest BCUT2D eigenvalue weighted by molar-refractivity contribution is 1.09. The highest BCUT2D eigenvalue weighted by Crippen LogP contribution is 2.19. The lowest BCUT2D eigenvalue weighted by Gasteiger charge is -2.00. The summed E-state index contributed by atoms with van der Waals surface area (Å²) in [5.41, 5.74) is 3.41. The first-order valence-electron chi connectivity index (χ1n) is 4.17. The molecule has 0 amide bonds. The lowest BCUT2D eigenvalue weighted by Crippen LogP contribution is -1.86. The van der Waals surface area contributed by atoms with Crippen LogP contribution < -0.4 is 5.32 Å². The molecule has 0 spiro atoms. The summed E-state index contributed by atoms with van der Waals surface area (Å²) in [5.74, 6) is 0. The van der Waals surface area contributed by atoms with Gasteiger partial charge in [0.15, 0.2) is 0 Å². The second-order valence-corrected chi connectivity index (χ2v) is 2.81. The summed E-state index contributed by atoms with van der Waals surface area (Å²) >= 11 is 0. The zero-order valence-corrected chi connectivity index (χ0v) is 7.41. The summed E-state index contributed by atoms with van der Waals surface area (Å²) in [6, 6.07) is 8.22. The molecule has 13 heavy (non-hydrogen) atoms. The molecular weight excluding hydrogens is 162 g/mol. The third-order valence-electron chi connectivity index (χ3n) is 2.01. The molecule has 2 N–H and O–H groups in total. The van der Waals surface area contributed by atoms with Crippen LogP contribution in [0.3, 0.4) is 0 Å². The number of aromatic amines is 1. The van der Waals surface area contributed by atoms with E-state index in [-0.39, 0.29) is 0 Å². The zero-order chi connectivity index (χ0) is 9.10. The first-order valence-corrected chi connectivity index (χ1v) is 4.17. The fourth-order valence-electron chi connectivity index (χ4n) is 1.24. The number of nitrogens with one attached hydrogen (secondary N) is 2. The highest BCUT2D eigenvalue weighted by Gasteiger charge is 1.97. The summed E-state index contributed by atoms with van der Waals surface area (Å²) < 4.78 is 0. The first-order chi connectivity index (χ1) is 6.40. The third-order valence-corrected chi connectivity index (χ3v) is 2.01. The maximum Gasteiger partial charge on any atom is 0.0565 e. The van der Waals surface area contributed by atoms with Gasteiger partial charge in [0.2, 0.25) is 0 Å². The Morgan fingerprint density at radius 1 is 1.15 bits per heavy atom. The number of rotatable bonds is 2. The Kier molecular flexibility index (Phi) is 2.00. The summed E-state index contributed by atoms with van der Waals surface area (Å²) in [6.07, 6.45) is 3.70. The van der Waals surface area contributed by atoms with Crippen LogP contribution in [0.25, 0.3) is 11.1 Å². The van der Waals surface area contributed by atoms with Crippen molar-refractivity contribution in [1.29, 1.82) is 0 Å². The van der Waals surface area contributed by atoms with Crippen LogP contribution in [0.2, 0.25) is 0 Å². The smallest absolute Gasteiger partial charge is 0.0565 e. The van der Waals surface area contributed by atoms with E-state index >= 15 is 0 Å². The molecule has 0 atom stereocenters. The van der Waals surface area contributed by atoms with Crippen molar-refractivity contribution in [2.75, 3.05) is 12.4 Å². The Hall–Kier alpha value is -1.77. The van der Waals surface area contributed by atoms with Gasteiger partial charge in [-0.2, -0.15) is 5.10 Å². The van der Waals surface area contributed by atoms with Crippen LogP contribution in [0.5, 0.6) is 0 Å². The molecule has 0 saturated heterocycles. The minimum Gasteiger partial charge on any atom is -0.388 e. The van der Waals surface area contributed by atoms with Crippen LogP contribution in [-0.4, -0.2) is 17.2 Å². The molecule has 0 unspecified atom stereocenters. The fourth-order valence-corrected chi connectivity index (χ4v) is 1.24. The Bertz CT molecular complexity index is 362. The minimum atomic E-state index is 1.11. The van der Waals surface area contributed by atoms with E-state index in [9.17, 15) is 0 Å². The van der Waals surface area contributed by atoms with Gasteiger partial charge in [0.1, 0.15) is 0 Å². The largest absolute Gasteiger partial charge is 0.388 e. The Balaban J connectivity index is 2.33. The van der Waals surface area contributed by atoms with Gasteiger partial charge in [0.25, 0.3) is 0 Å². The van der Waals surface area contributed by atoms with E-state index in [0.29, 0.717) is 0 Å². The van der Waals surface area contributed by atoms with Crippen LogP contribution in [0.1, 0.15) is 0 Å². The van der Waals surface area contributed by atoms with Crippen molar-refractivity contribution in [3.63, 3.8) is 0 Å². The molecule has 0 bridgehead atoms. The number of aromatic nitrogens is 2. The quantitative estimate of drug-likeness (QED) is 0.730.